The molecule has 0 radical (unpaired) electrons. The van der Waals surface area contributed by atoms with Crippen LogP contribution in [0.2, 0.25) is 5.02 Å². The van der Waals surface area contributed by atoms with Crippen molar-refractivity contribution in [2.75, 3.05) is 13.1 Å². The van der Waals surface area contributed by atoms with Crippen molar-refractivity contribution in [3.63, 3.8) is 0 Å². The Morgan fingerprint density at radius 3 is 2.58 bits per heavy atom. The third-order valence-corrected chi connectivity index (χ3v) is 4.43. The quantitative estimate of drug-likeness (QED) is 0.816. The summed E-state index contributed by atoms with van der Waals surface area (Å²) in [4.78, 5) is 14.7. The second-order valence-electron chi connectivity index (χ2n) is 5.49. The molecule has 1 heterocycles. The van der Waals surface area contributed by atoms with Gasteiger partial charge >= 0.3 is 0 Å². The van der Waals surface area contributed by atoms with Crippen LogP contribution in [0, 0.1) is 5.92 Å². The van der Waals surface area contributed by atoms with Gasteiger partial charge in [-0.25, -0.2) is 0 Å². The summed E-state index contributed by atoms with van der Waals surface area (Å²) in [5.41, 5.74) is 0.968. The third kappa shape index (κ3) is 3.30. The van der Waals surface area contributed by atoms with Crippen LogP contribution in [-0.4, -0.2) is 23.9 Å². The fourth-order valence-electron chi connectivity index (χ4n) is 2.73. The smallest absolute Gasteiger partial charge is 0.230 e. The molecule has 1 aliphatic heterocycles. The van der Waals surface area contributed by atoms with Crippen LogP contribution in [0.4, 0.5) is 0 Å². The van der Waals surface area contributed by atoms with Crippen molar-refractivity contribution in [1.82, 2.24) is 4.90 Å². The zero-order chi connectivity index (χ0) is 13.8. The Labute approximate surface area is 120 Å². The van der Waals surface area contributed by atoms with Gasteiger partial charge in [0.05, 0.1) is 5.92 Å². The van der Waals surface area contributed by atoms with Gasteiger partial charge in [0.25, 0.3) is 0 Å². The van der Waals surface area contributed by atoms with Gasteiger partial charge in [0, 0.05) is 18.1 Å². The topological polar surface area (TPSA) is 20.3 Å². The predicted molar refractivity (Wildman–Crippen MR) is 79.5 cm³/mol. The Bertz CT molecular complexity index is 438. The largest absolute Gasteiger partial charge is 0.342 e. The normalized spacial score (nSPS) is 18.4. The summed E-state index contributed by atoms with van der Waals surface area (Å²) in [6.07, 6.45) is 3.03. The van der Waals surface area contributed by atoms with Crippen LogP contribution in [-0.2, 0) is 4.79 Å². The molecule has 1 aromatic rings. The highest BCUT2D eigenvalue weighted by atomic mass is 35.5. The fraction of sp³-hybridized carbons (Fsp3) is 0.562. The first-order valence-electron chi connectivity index (χ1n) is 7.16. The number of carbonyl (C=O) groups excluding carboxylic acids is 1. The van der Waals surface area contributed by atoms with Crippen molar-refractivity contribution < 1.29 is 4.79 Å². The third-order valence-electron chi connectivity index (χ3n) is 4.08. The predicted octanol–water partition coefficient (Wildman–Crippen LogP) is 4.09. The number of hydrogen-bond donors (Lipinski definition) is 0. The average molecular weight is 280 g/mol. The average Bonchev–Trinajstić information content (AvgIpc) is 2.42. The lowest BCUT2D eigenvalue weighted by molar-refractivity contribution is -0.134. The van der Waals surface area contributed by atoms with Crippen molar-refractivity contribution in [3.05, 3.63) is 34.9 Å². The maximum absolute atomic E-state index is 12.7. The summed E-state index contributed by atoms with van der Waals surface area (Å²) in [6, 6.07) is 7.70. The first-order valence-corrected chi connectivity index (χ1v) is 7.54. The fourth-order valence-corrected chi connectivity index (χ4v) is 3.00. The molecule has 0 aromatic heterocycles. The van der Waals surface area contributed by atoms with E-state index in [1.807, 2.05) is 29.2 Å². The van der Waals surface area contributed by atoms with E-state index in [1.54, 1.807) is 0 Å². The number of nitrogens with zero attached hydrogens (tertiary/aromatic N) is 1. The van der Waals surface area contributed by atoms with Gasteiger partial charge in [-0.15, -0.1) is 0 Å². The maximum Gasteiger partial charge on any atom is 0.230 e. The summed E-state index contributed by atoms with van der Waals surface area (Å²) in [5.74, 6) is 0.883. The molecule has 0 N–H and O–H groups in total. The number of piperidine rings is 1. The van der Waals surface area contributed by atoms with E-state index in [1.165, 1.54) is 0 Å². The molecular weight excluding hydrogens is 258 g/mol. The molecule has 0 saturated carbocycles. The Morgan fingerprint density at radius 1 is 1.37 bits per heavy atom. The van der Waals surface area contributed by atoms with Gasteiger partial charge in [-0.3, -0.25) is 4.79 Å². The van der Waals surface area contributed by atoms with E-state index < -0.39 is 0 Å². The van der Waals surface area contributed by atoms with Gasteiger partial charge in [-0.2, -0.15) is 0 Å². The summed E-state index contributed by atoms with van der Waals surface area (Å²) in [6.45, 7) is 6.09. The summed E-state index contributed by atoms with van der Waals surface area (Å²) < 4.78 is 0. The molecule has 1 fully saturated rings. The standard InChI is InChI=1S/C16H22ClNO/c1-3-13(14-6-4-5-7-15(14)17)16(19)18-10-8-12(2)9-11-18/h4-7,12-13H,3,8-11H2,1-2H3. The summed E-state index contributed by atoms with van der Waals surface area (Å²) >= 11 is 6.23. The number of hydrogen-bond acceptors (Lipinski definition) is 1. The van der Waals surface area contributed by atoms with E-state index in [0.717, 1.165) is 43.8 Å². The number of halogens is 1. The van der Waals surface area contributed by atoms with Crippen molar-refractivity contribution in [1.29, 1.82) is 0 Å². The van der Waals surface area contributed by atoms with Crippen molar-refractivity contribution >= 4 is 17.5 Å². The van der Waals surface area contributed by atoms with Gasteiger partial charge in [0.2, 0.25) is 5.91 Å². The number of carbonyl (C=O) groups is 1. The number of rotatable bonds is 3. The van der Waals surface area contributed by atoms with Crippen LogP contribution in [0.5, 0.6) is 0 Å². The van der Waals surface area contributed by atoms with Gasteiger partial charge in [0.15, 0.2) is 0 Å². The van der Waals surface area contributed by atoms with Crippen molar-refractivity contribution in [3.8, 4) is 0 Å². The first kappa shape index (κ1) is 14.4. The number of benzene rings is 1. The van der Waals surface area contributed by atoms with Gasteiger partial charge < -0.3 is 4.90 Å². The van der Waals surface area contributed by atoms with E-state index in [2.05, 4.69) is 13.8 Å². The maximum atomic E-state index is 12.7. The van der Waals surface area contributed by atoms with Gasteiger partial charge in [-0.1, -0.05) is 43.6 Å². The highest BCUT2D eigenvalue weighted by Crippen LogP contribution is 2.30. The summed E-state index contributed by atoms with van der Waals surface area (Å²) in [7, 11) is 0. The van der Waals surface area contributed by atoms with Crippen LogP contribution in [0.15, 0.2) is 24.3 Å². The van der Waals surface area contributed by atoms with Gasteiger partial charge in [-0.05, 0) is 36.8 Å². The highest BCUT2D eigenvalue weighted by molar-refractivity contribution is 6.31. The molecule has 0 bridgehead atoms. The lowest BCUT2D eigenvalue weighted by Gasteiger charge is -2.33. The Kier molecular flexibility index (Phi) is 4.87. The second kappa shape index (κ2) is 6.42. The van der Waals surface area contributed by atoms with Crippen molar-refractivity contribution in [2.45, 2.75) is 39.0 Å². The van der Waals surface area contributed by atoms with E-state index in [4.69, 9.17) is 11.6 Å². The molecule has 1 aromatic carbocycles. The monoisotopic (exact) mass is 279 g/mol. The molecule has 19 heavy (non-hydrogen) atoms. The molecule has 1 atom stereocenters. The lowest BCUT2D eigenvalue weighted by Crippen LogP contribution is -2.40. The molecule has 2 nitrogen and oxygen atoms in total. The number of likely N-dealkylation sites (tertiary alicyclic amines) is 1. The first-order chi connectivity index (χ1) is 9.13. The van der Waals surface area contributed by atoms with Crippen LogP contribution < -0.4 is 0 Å². The van der Waals surface area contributed by atoms with Crippen LogP contribution in [0.1, 0.15) is 44.6 Å². The number of amides is 1. The SMILES string of the molecule is CCC(C(=O)N1CCC(C)CC1)c1ccccc1Cl. The zero-order valence-electron chi connectivity index (χ0n) is 11.7. The van der Waals surface area contributed by atoms with Crippen LogP contribution in [0.25, 0.3) is 0 Å². The molecule has 0 aliphatic carbocycles. The molecule has 1 amide bonds. The van der Waals surface area contributed by atoms with E-state index in [-0.39, 0.29) is 11.8 Å². The van der Waals surface area contributed by atoms with E-state index in [0.29, 0.717) is 5.02 Å². The minimum Gasteiger partial charge on any atom is -0.342 e. The van der Waals surface area contributed by atoms with Crippen LogP contribution >= 0.6 is 11.6 Å². The molecule has 1 saturated heterocycles. The van der Waals surface area contributed by atoms with Gasteiger partial charge in [0.1, 0.15) is 0 Å². The molecule has 0 spiro atoms. The highest BCUT2D eigenvalue weighted by Gasteiger charge is 2.28. The minimum atomic E-state index is -0.0953. The Morgan fingerprint density at radius 2 is 2.00 bits per heavy atom. The molecule has 3 heteroatoms. The molecular formula is C16H22ClNO. The second-order valence-corrected chi connectivity index (χ2v) is 5.90. The van der Waals surface area contributed by atoms with Crippen LogP contribution in [0.3, 0.4) is 0 Å². The molecule has 104 valence electrons. The molecule has 2 rings (SSSR count). The Balaban J connectivity index is 2.14. The van der Waals surface area contributed by atoms with E-state index >= 15 is 0 Å². The zero-order valence-corrected chi connectivity index (χ0v) is 12.5. The van der Waals surface area contributed by atoms with E-state index in [9.17, 15) is 4.79 Å². The molecule has 1 aliphatic rings. The lowest BCUT2D eigenvalue weighted by atomic mass is 9.92. The summed E-state index contributed by atoms with van der Waals surface area (Å²) in [5, 5.41) is 0.702. The minimum absolute atomic E-state index is 0.0953. The molecule has 1 unspecified atom stereocenters. The Hall–Kier alpha value is -1.02. The van der Waals surface area contributed by atoms with Crippen molar-refractivity contribution in [2.24, 2.45) is 5.92 Å².